The van der Waals surface area contributed by atoms with Gasteiger partial charge in [0.25, 0.3) is 5.91 Å². The highest BCUT2D eigenvalue weighted by Crippen LogP contribution is 2.14. The van der Waals surface area contributed by atoms with Crippen molar-refractivity contribution in [2.75, 3.05) is 6.61 Å². The van der Waals surface area contributed by atoms with E-state index in [9.17, 15) is 9.18 Å². The standard InChI is InChI=1S/C16H16FNO2/c1-12-6-8-13(9-7-12)10-18-16(19)11-20-15-5-3-2-4-14(15)17/h2-9H,10-11H2,1H3,(H,18,19). The summed E-state index contributed by atoms with van der Waals surface area (Å²) in [4.78, 5) is 11.6. The molecule has 0 heterocycles. The summed E-state index contributed by atoms with van der Waals surface area (Å²) in [6.07, 6.45) is 0. The van der Waals surface area contributed by atoms with Crippen LogP contribution in [0.25, 0.3) is 0 Å². The molecule has 0 aliphatic rings. The summed E-state index contributed by atoms with van der Waals surface area (Å²) in [5, 5.41) is 2.72. The molecule has 20 heavy (non-hydrogen) atoms. The van der Waals surface area contributed by atoms with Crippen LogP contribution in [0.1, 0.15) is 11.1 Å². The molecule has 0 aliphatic carbocycles. The first-order valence-electron chi connectivity index (χ1n) is 6.35. The van der Waals surface area contributed by atoms with E-state index in [1.165, 1.54) is 17.7 Å². The topological polar surface area (TPSA) is 38.3 Å². The fourth-order valence-corrected chi connectivity index (χ4v) is 1.66. The Bertz CT molecular complexity index is 581. The maximum atomic E-state index is 13.3. The van der Waals surface area contributed by atoms with E-state index in [-0.39, 0.29) is 18.3 Å². The maximum absolute atomic E-state index is 13.3. The number of rotatable bonds is 5. The number of halogens is 1. The fraction of sp³-hybridized carbons (Fsp3) is 0.188. The van der Waals surface area contributed by atoms with Crippen LogP contribution in [0.15, 0.2) is 48.5 Å². The number of para-hydroxylation sites is 1. The lowest BCUT2D eigenvalue weighted by Gasteiger charge is -2.08. The van der Waals surface area contributed by atoms with E-state index in [1.807, 2.05) is 31.2 Å². The summed E-state index contributed by atoms with van der Waals surface area (Å²) in [7, 11) is 0. The van der Waals surface area contributed by atoms with Gasteiger partial charge in [0.15, 0.2) is 18.2 Å². The zero-order chi connectivity index (χ0) is 14.4. The van der Waals surface area contributed by atoms with E-state index >= 15 is 0 Å². The highest BCUT2D eigenvalue weighted by molar-refractivity contribution is 5.77. The Morgan fingerprint density at radius 2 is 1.85 bits per heavy atom. The van der Waals surface area contributed by atoms with Gasteiger partial charge >= 0.3 is 0 Å². The first-order valence-corrected chi connectivity index (χ1v) is 6.35. The van der Waals surface area contributed by atoms with E-state index in [0.717, 1.165) is 5.56 Å². The summed E-state index contributed by atoms with van der Waals surface area (Å²) >= 11 is 0. The van der Waals surface area contributed by atoms with Crippen LogP contribution in [0, 0.1) is 12.7 Å². The molecule has 0 atom stereocenters. The minimum atomic E-state index is -0.473. The van der Waals surface area contributed by atoms with Gasteiger partial charge in [0.1, 0.15) is 0 Å². The highest BCUT2D eigenvalue weighted by Gasteiger charge is 2.05. The number of amides is 1. The number of hydrogen-bond donors (Lipinski definition) is 1. The van der Waals surface area contributed by atoms with Gasteiger partial charge in [-0.15, -0.1) is 0 Å². The molecule has 0 unspecified atom stereocenters. The number of nitrogens with one attached hydrogen (secondary N) is 1. The molecule has 0 spiro atoms. The van der Waals surface area contributed by atoms with Crippen molar-refractivity contribution >= 4 is 5.91 Å². The SMILES string of the molecule is Cc1ccc(CNC(=O)COc2ccccc2F)cc1. The maximum Gasteiger partial charge on any atom is 0.258 e. The molecular formula is C16H16FNO2. The van der Waals surface area contributed by atoms with Crippen LogP contribution in [0.5, 0.6) is 5.75 Å². The Morgan fingerprint density at radius 1 is 1.15 bits per heavy atom. The van der Waals surface area contributed by atoms with E-state index in [1.54, 1.807) is 12.1 Å². The number of benzene rings is 2. The third kappa shape index (κ3) is 4.09. The van der Waals surface area contributed by atoms with Crippen molar-refractivity contribution in [3.8, 4) is 5.75 Å². The van der Waals surface area contributed by atoms with E-state index in [0.29, 0.717) is 6.54 Å². The van der Waals surface area contributed by atoms with Gasteiger partial charge in [-0.1, -0.05) is 42.0 Å². The molecule has 2 aromatic carbocycles. The number of aryl methyl sites for hydroxylation is 1. The summed E-state index contributed by atoms with van der Waals surface area (Å²) < 4.78 is 18.4. The smallest absolute Gasteiger partial charge is 0.258 e. The molecule has 4 heteroatoms. The molecule has 3 nitrogen and oxygen atoms in total. The lowest BCUT2D eigenvalue weighted by molar-refractivity contribution is -0.123. The normalized spacial score (nSPS) is 10.1. The van der Waals surface area contributed by atoms with E-state index < -0.39 is 5.82 Å². The van der Waals surface area contributed by atoms with Crippen molar-refractivity contribution in [1.29, 1.82) is 0 Å². The summed E-state index contributed by atoms with van der Waals surface area (Å²) in [5.41, 5.74) is 2.18. The Labute approximate surface area is 117 Å². The van der Waals surface area contributed by atoms with E-state index in [2.05, 4.69) is 5.32 Å². The van der Waals surface area contributed by atoms with Crippen molar-refractivity contribution in [3.63, 3.8) is 0 Å². The summed E-state index contributed by atoms with van der Waals surface area (Å²) in [5.74, 6) is -0.675. The Kier molecular flexibility index (Phi) is 4.71. The van der Waals surface area contributed by atoms with Gasteiger partial charge in [-0.05, 0) is 24.6 Å². The Morgan fingerprint density at radius 3 is 2.55 bits per heavy atom. The molecule has 1 amide bonds. The number of carbonyl (C=O) groups excluding carboxylic acids is 1. The predicted octanol–water partition coefficient (Wildman–Crippen LogP) is 2.83. The lowest BCUT2D eigenvalue weighted by atomic mass is 10.1. The molecular weight excluding hydrogens is 257 g/mol. The average molecular weight is 273 g/mol. The minimum Gasteiger partial charge on any atom is -0.481 e. The first-order chi connectivity index (χ1) is 9.65. The molecule has 104 valence electrons. The third-order valence-corrected chi connectivity index (χ3v) is 2.81. The average Bonchev–Trinajstić information content (AvgIpc) is 2.46. The third-order valence-electron chi connectivity index (χ3n) is 2.81. The molecule has 2 aromatic rings. The van der Waals surface area contributed by atoms with Crippen molar-refractivity contribution in [2.24, 2.45) is 0 Å². The van der Waals surface area contributed by atoms with Crippen molar-refractivity contribution in [2.45, 2.75) is 13.5 Å². The van der Waals surface area contributed by atoms with Gasteiger partial charge in [-0.2, -0.15) is 0 Å². The minimum absolute atomic E-state index is 0.0815. The fourth-order valence-electron chi connectivity index (χ4n) is 1.66. The first kappa shape index (κ1) is 14.1. The molecule has 0 radical (unpaired) electrons. The molecule has 2 rings (SSSR count). The molecule has 1 N–H and O–H groups in total. The largest absolute Gasteiger partial charge is 0.481 e. The van der Waals surface area contributed by atoms with Crippen LogP contribution < -0.4 is 10.1 Å². The number of carbonyl (C=O) groups is 1. The number of hydrogen-bond acceptors (Lipinski definition) is 2. The Hall–Kier alpha value is -2.36. The van der Waals surface area contributed by atoms with Gasteiger partial charge in [-0.25, -0.2) is 4.39 Å². The molecule has 0 aromatic heterocycles. The van der Waals surface area contributed by atoms with Crippen LogP contribution in [0.4, 0.5) is 4.39 Å². The summed E-state index contributed by atoms with van der Waals surface area (Å²) in [6.45, 7) is 2.23. The molecule has 0 saturated heterocycles. The second kappa shape index (κ2) is 6.70. The van der Waals surface area contributed by atoms with Crippen LogP contribution in [0.2, 0.25) is 0 Å². The van der Waals surface area contributed by atoms with Gasteiger partial charge in [0.2, 0.25) is 0 Å². The van der Waals surface area contributed by atoms with Crippen LogP contribution in [-0.2, 0) is 11.3 Å². The van der Waals surface area contributed by atoms with Crippen LogP contribution >= 0.6 is 0 Å². The zero-order valence-corrected chi connectivity index (χ0v) is 11.2. The Balaban J connectivity index is 1.78. The van der Waals surface area contributed by atoms with Gasteiger partial charge in [-0.3, -0.25) is 4.79 Å². The lowest BCUT2D eigenvalue weighted by Crippen LogP contribution is -2.28. The van der Waals surface area contributed by atoms with Crippen molar-refractivity contribution < 1.29 is 13.9 Å². The summed E-state index contributed by atoms with van der Waals surface area (Å²) in [6, 6.07) is 13.9. The molecule has 0 saturated carbocycles. The van der Waals surface area contributed by atoms with E-state index in [4.69, 9.17) is 4.74 Å². The molecule has 0 bridgehead atoms. The molecule has 0 aliphatic heterocycles. The molecule has 0 fully saturated rings. The zero-order valence-electron chi connectivity index (χ0n) is 11.2. The van der Waals surface area contributed by atoms with Gasteiger partial charge < -0.3 is 10.1 Å². The van der Waals surface area contributed by atoms with Gasteiger partial charge in [0, 0.05) is 6.54 Å². The highest BCUT2D eigenvalue weighted by atomic mass is 19.1. The quantitative estimate of drug-likeness (QED) is 0.909. The van der Waals surface area contributed by atoms with Crippen LogP contribution in [-0.4, -0.2) is 12.5 Å². The monoisotopic (exact) mass is 273 g/mol. The van der Waals surface area contributed by atoms with Crippen molar-refractivity contribution in [1.82, 2.24) is 5.32 Å². The van der Waals surface area contributed by atoms with Crippen molar-refractivity contribution in [3.05, 3.63) is 65.5 Å². The van der Waals surface area contributed by atoms with Crippen LogP contribution in [0.3, 0.4) is 0 Å². The second-order valence-corrected chi connectivity index (χ2v) is 4.48. The van der Waals surface area contributed by atoms with Gasteiger partial charge in [0.05, 0.1) is 0 Å². The second-order valence-electron chi connectivity index (χ2n) is 4.48. The predicted molar refractivity (Wildman–Crippen MR) is 74.9 cm³/mol. The number of ether oxygens (including phenoxy) is 1.